The minimum Gasteiger partial charge on any atom is -0.454 e. The Morgan fingerprint density at radius 1 is 1.13 bits per heavy atom. The van der Waals surface area contributed by atoms with Crippen LogP contribution in [0.15, 0.2) is 36.5 Å². The van der Waals surface area contributed by atoms with Crippen molar-refractivity contribution in [3.8, 4) is 0 Å². The lowest BCUT2D eigenvalue weighted by atomic mass is 10.1. The maximum atomic E-state index is 12.4. The van der Waals surface area contributed by atoms with Crippen LogP contribution in [0.25, 0.3) is 0 Å². The molecule has 0 saturated carbocycles. The van der Waals surface area contributed by atoms with Crippen molar-refractivity contribution < 1.29 is 19.1 Å². The molecule has 160 valence electrons. The van der Waals surface area contributed by atoms with E-state index in [-0.39, 0.29) is 10.8 Å². The van der Waals surface area contributed by atoms with Crippen LogP contribution in [0.3, 0.4) is 0 Å². The average molecular weight is 491 g/mol. The standard InChI is InChI=1S/C19H18Cl3N3O4S/c1-30-7-6-15(24-18(27)11-2-4-12(20)5-3-11)19(28)29-10-16(26)25-17-14(22)8-13(21)9-23-17/h2-5,8-9,15H,6-7,10H2,1H3,(H,24,27)(H,23,25,26). The van der Waals surface area contributed by atoms with Gasteiger partial charge in [0.1, 0.15) is 6.04 Å². The van der Waals surface area contributed by atoms with Crippen molar-refractivity contribution in [3.63, 3.8) is 0 Å². The zero-order chi connectivity index (χ0) is 22.1. The van der Waals surface area contributed by atoms with Gasteiger partial charge in [-0.3, -0.25) is 9.59 Å². The molecule has 1 aromatic carbocycles. The van der Waals surface area contributed by atoms with Gasteiger partial charge in [0.15, 0.2) is 12.4 Å². The number of thioether (sulfide) groups is 1. The van der Waals surface area contributed by atoms with Gasteiger partial charge in [0, 0.05) is 16.8 Å². The van der Waals surface area contributed by atoms with Crippen molar-refractivity contribution in [1.29, 1.82) is 0 Å². The lowest BCUT2D eigenvalue weighted by molar-refractivity contribution is -0.149. The molecule has 1 aromatic heterocycles. The fourth-order valence-corrected chi connectivity index (χ4v) is 3.26. The van der Waals surface area contributed by atoms with E-state index in [9.17, 15) is 14.4 Å². The van der Waals surface area contributed by atoms with Crippen LogP contribution in [0.4, 0.5) is 5.82 Å². The predicted octanol–water partition coefficient (Wildman–Crippen LogP) is 4.08. The summed E-state index contributed by atoms with van der Waals surface area (Å²) >= 11 is 19.0. The molecule has 0 aliphatic carbocycles. The van der Waals surface area contributed by atoms with E-state index in [1.54, 1.807) is 24.3 Å². The second kappa shape index (κ2) is 12.0. The molecule has 30 heavy (non-hydrogen) atoms. The number of ether oxygens (including phenoxy) is 1. The Morgan fingerprint density at radius 3 is 2.47 bits per heavy atom. The van der Waals surface area contributed by atoms with Crippen molar-refractivity contribution in [2.75, 3.05) is 23.9 Å². The molecule has 1 unspecified atom stereocenters. The van der Waals surface area contributed by atoms with Crippen LogP contribution in [0.1, 0.15) is 16.8 Å². The van der Waals surface area contributed by atoms with E-state index >= 15 is 0 Å². The number of halogens is 3. The van der Waals surface area contributed by atoms with Gasteiger partial charge in [-0.2, -0.15) is 11.8 Å². The number of hydrogen-bond donors (Lipinski definition) is 2. The summed E-state index contributed by atoms with van der Waals surface area (Å²) in [4.78, 5) is 40.8. The summed E-state index contributed by atoms with van der Waals surface area (Å²) in [5.41, 5.74) is 0.350. The van der Waals surface area contributed by atoms with E-state index in [1.807, 2.05) is 6.26 Å². The van der Waals surface area contributed by atoms with Crippen LogP contribution in [-0.2, 0) is 14.3 Å². The molecule has 0 bridgehead atoms. The maximum absolute atomic E-state index is 12.4. The number of pyridine rings is 1. The van der Waals surface area contributed by atoms with Crippen molar-refractivity contribution in [3.05, 3.63) is 57.2 Å². The minimum atomic E-state index is -0.911. The number of benzene rings is 1. The molecular weight excluding hydrogens is 473 g/mol. The molecule has 0 fully saturated rings. The molecule has 1 heterocycles. The van der Waals surface area contributed by atoms with Crippen LogP contribution in [-0.4, -0.2) is 47.4 Å². The second-order valence-electron chi connectivity index (χ2n) is 5.95. The first kappa shape index (κ1) is 24.3. The zero-order valence-electron chi connectivity index (χ0n) is 15.8. The number of esters is 1. The molecule has 0 spiro atoms. The maximum Gasteiger partial charge on any atom is 0.329 e. The summed E-state index contributed by atoms with van der Waals surface area (Å²) in [5, 5.41) is 6.01. The van der Waals surface area contributed by atoms with Crippen molar-refractivity contribution in [2.45, 2.75) is 12.5 Å². The van der Waals surface area contributed by atoms with Crippen LogP contribution in [0.2, 0.25) is 15.1 Å². The molecule has 2 amide bonds. The number of anilines is 1. The van der Waals surface area contributed by atoms with E-state index in [2.05, 4.69) is 15.6 Å². The van der Waals surface area contributed by atoms with Crippen molar-refractivity contribution in [1.82, 2.24) is 10.3 Å². The van der Waals surface area contributed by atoms with Gasteiger partial charge in [0.25, 0.3) is 11.8 Å². The first-order chi connectivity index (χ1) is 14.3. The Kier molecular flexibility index (Phi) is 9.71. The fourth-order valence-electron chi connectivity index (χ4n) is 2.24. The lowest BCUT2D eigenvalue weighted by Crippen LogP contribution is -2.43. The number of carbonyl (C=O) groups excluding carboxylic acids is 3. The number of rotatable bonds is 9. The van der Waals surface area contributed by atoms with Crippen molar-refractivity contribution in [2.24, 2.45) is 0 Å². The fraction of sp³-hybridized carbons (Fsp3) is 0.263. The zero-order valence-corrected chi connectivity index (χ0v) is 18.9. The van der Waals surface area contributed by atoms with Crippen molar-refractivity contribution >= 4 is 70.2 Å². The summed E-state index contributed by atoms with van der Waals surface area (Å²) in [7, 11) is 0. The van der Waals surface area contributed by atoms with E-state index in [4.69, 9.17) is 39.5 Å². The number of amides is 2. The smallest absolute Gasteiger partial charge is 0.329 e. The molecule has 0 aliphatic rings. The third-order valence-electron chi connectivity index (χ3n) is 3.72. The number of aromatic nitrogens is 1. The molecule has 11 heteroatoms. The SMILES string of the molecule is CSCCC(NC(=O)c1ccc(Cl)cc1)C(=O)OCC(=O)Nc1ncc(Cl)cc1Cl. The Hall–Kier alpha value is -2.00. The molecule has 0 saturated heterocycles. The van der Waals surface area contributed by atoms with E-state index in [1.165, 1.54) is 24.0 Å². The largest absolute Gasteiger partial charge is 0.454 e. The topological polar surface area (TPSA) is 97.4 Å². The third-order valence-corrected chi connectivity index (χ3v) is 5.11. The van der Waals surface area contributed by atoms with Gasteiger partial charge in [0.2, 0.25) is 0 Å². The minimum absolute atomic E-state index is 0.0945. The van der Waals surface area contributed by atoms with E-state index < -0.39 is 30.4 Å². The molecule has 2 rings (SSSR count). The summed E-state index contributed by atoms with van der Waals surface area (Å²) in [6, 6.07) is 6.75. The van der Waals surface area contributed by atoms with Crippen LogP contribution in [0, 0.1) is 0 Å². The molecule has 1 atom stereocenters. The average Bonchev–Trinajstić information content (AvgIpc) is 2.71. The summed E-state index contributed by atoms with van der Waals surface area (Å²) in [6.07, 6.45) is 3.53. The van der Waals surface area contributed by atoms with Gasteiger partial charge in [-0.25, -0.2) is 9.78 Å². The Morgan fingerprint density at radius 2 is 1.83 bits per heavy atom. The number of hydrogen-bond acceptors (Lipinski definition) is 6. The quantitative estimate of drug-likeness (QED) is 0.514. The number of carbonyl (C=O) groups is 3. The third kappa shape index (κ3) is 7.68. The number of nitrogens with zero attached hydrogens (tertiary/aromatic N) is 1. The normalized spacial score (nSPS) is 11.5. The molecule has 7 nitrogen and oxygen atoms in total. The molecular formula is C19H18Cl3N3O4S. The molecule has 0 aliphatic heterocycles. The van der Waals surface area contributed by atoms with Gasteiger partial charge >= 0.3 is 5.97 Å². The highest BCUT2D eigenvalue weighted by molar-refractivity contribution is 7.98. The molecule has 2 aromatic rings. The second-order valence-corrected chi connectivity index (χ2v) is 8.22. The van der Waals surface area contributed by atoms with Gasteiger partial charge in [-0.1, -0.05) is 34.8 Å². The van der Waals surface area contributed by atoms with Crippen LogP contribution in [0.5, 0.6) is 0 Å². The predicted molar refractivity (Wildman–Crippen MR) is 120 cm³/mol. The number of nitrogens with one attached hydrogen (secondary N) is 2. The Bertz CT molecular complexity index is 912. The van der Waals surface area contributed by atoms with E-state index in [0.29, 0.717) is 27.8 Å². The Balaban J connectivity index is 1.94. The highest BCUT2D eigenvalue weighted by Crippen LogP contribution is 2.22. The monoisotopic (exact) mass is 489 g/mol. The Labute approximate surface area is 192 Å². The summed E-state index contributed by atoms with van der Waals surface area (Å²) < 4.78 is 5.06. The molecule has 2 N–H and O–H groups in total. The van der Waals surface area contributed by atoms with Crippen LogP contribution >= 0.6 is 46.6 Å². The van der Waals surface area contributed by atoms with Gasteiger partial charge in [-0.15, -0.1) is 0 Å². The van der Waals surface area contributed by atoms with E-state index in [0.717, 1.165) is 0 Å². The van der Waals surface area contributed by atoms with Gasteiger partial charge in [0.05, 0.1) is 10.0 Å². The van der Waals surface area contributed by atoms with Gasteiger partial charge < -0.3 is 15.4 Å². The first-order valence-corrected chi connectivity index (χ1v) is 11.2. The first-order valence-electron chi connectivity index (χ1n) is 8.63. The summed E-state index contributed by atoms with van der Waals surface area (Å²) in [5.74, 6) is -1.10. The van der Waals surface area contributed by atoms with Crippen LogP contribution < -0.4 is 10.6 Å². The summed E-state index contributed by atoms with van der Waals surface area (Å²) in [6.45, 7) is -0.563. The highest BCUT2D eigenvalue weighted by Gasteiger charge is 2.23. The van der Waals surface area contributed by atoms with Gasteiger partial charge in [-0.05, 0) is 48.8 Å². The molecule has 0 radical (unpaired) electrons. The lowest BCUT2D eigenvalue weighted by Gasteiger charge is -2.17. The highest BCUT2D eigenvalue weighted by atomic mass is 35.5.